The highest BCUT2D eigenvalue weighted by atomic mass is 79.9. The van der Waals surface area contributed by atoms with Crippen molar-refractivity contribution in [1.82, 2.24) is 9.78 Å². The topological polar surface area (TPSA) is 38.0 Å². The Hall–Kier alpha value is -1.13. The quantitative estimate of drug-likeness (QED) is 0.916. The molecule has 0 radical (unpaired) electrons. The lowest BCUT2D eigenvalue weighted by molar-refractivity contribution is 0.0367. The van der Waals surface area contributed by atoms with E-state index in [-0.39, 0.29) is 0 Å². The van der Waals surface area contributed by atoms with Crippen molar-refractivity contribution in [3.05, 3.63) is 51.3 Å². The van der Waals surface area contributed by atoms with Gasteiger partial charge in [-0.2, -0.15) is 5.10 Å². The van der Waals surface area contributed by atoms with Gasteiger partial charge in [0, 0.05) is 13.0 Å². The van der Waals surface area contributed by atoms with Crippen LogP contribution in [0.3, 0.4) is 0 Å². The summed E-state index contributed by atoms with van der Waals surface area (Å²) >= 11 is 3.68. The lowest BCUT2D eigenvalue weighted by Crippen LogP contribution is -2.27. The Morgan fingerprint density at radius 1 is 1.33 bits per heavy atom. The molecular weight excluding hydrogens is 328 g/mol. The van der Waals surface area contributed by atoms with Gasteiger partial charge in [-0.15, -0.1) is 0 Å². The summed E-state index contributed by atoms with van der Waals surface area (Å²) in [5, 5.41) is 15.8. The summed E-state index contributed by atoms with van der Waals surface area (Å²) in [4.78, 5) is 0. The Morgan fingerprint density at radius 3 is 2.81 bits per heavy atom. The largest absolute Gasteiger partial charge is 0.385 e. The summed E-state index contributed by atoms with van der Waals surface area (Å²) < 4.78 is 3.08. The molecule has 1 aliphatic carbocycles. The van der Waals surface area contributed by atoms with Crippen LogP contribution in [0.4, 0.5) is 0 Å². The van der Waals surface area contributed by atoms with Gasteiger partial charge in [0.15, 0.2) is 0 Å². The molecule has 2 aromatic rings. The number of aryl methyl sites for hydroxylation is 3. The molecule has 4 heteroatoms. The third-order valence-electron chi connectivity index (χ3n) is 4.48. The van der Waals surface area contributed by atoms with Gasteiger partial charge in [-0.25, -0.2) is 0 Å². The molecule has 1 heterocycles. The first-order chi connectivity index (χ1) is 10.1. The molecular formula is C17H21BrN2O. The van der Waals surface area contributed by atoms with Crippen LogP contribution in [0.15, 0.2) is 28.7 Å². The molecule has 112 valence electrons. The van der Waals surface area contributed by atoms with Gasteiger partial charge in [0.25, 0.3) is 0 Å². The highest BCUT2D eigenvalue weighted by Gasteiger charge is 2.38. The van der Waals surface area contributed by atoms with Gasteiger partial charge in [0.2, 0.25) is 0 Å². The number of halogens is 1. The predicted octanol–water partition coefficient (Wildman–Crippen LogP) is 3.60. The van der Waals surface area contributed by atoms with Crippen molar-refractivity contribution >= 4 is 15.9 Å². The first-order valence-corrected chi connectivity index (χ1v) is 8.43. The van der Waals surface area contributed by atoms with Gasteiger partial charge in [-0.05, 0) is 53.2 Å². The number of hydrogen-bond donors (Lipinski definition) is 1. The highest BCUT2D eigenvalue weighted by molar-refractivity contribution is 9.10. The normalized spacial score (nSPS) is 20.8. The van der Waals surface area contributed by atoms with Crippen LogP contribution in [0.1, 0.15) is 42.8 Å². The minimum Gasteiger partial charge on any atom is -0.385 e. The number of aromatic nitrogens is 2. The number of nitrogens with zero attached hydrogens (tertiary/aromatic N) is 2. The molecule has 0 bridgehead atoms. The maximum atomic E-state index is 11.2. The number of aliphatic hydroxyl groups is 1. The average Bonchev–Trinajstić information content (AvgIpc) is 2.99. The van der Waals surface area contributed by atoms with E-state index in [0.29, 0.717) is 6.42 Å². The van der Waals surface area contributed by atoms with Crippen LogP contribution in [-0.2, 0) is 31.4 Å². The van der Waals surface area contributed by atoms with Gasteiger partial charge in [-0.1, -0.05) is 31.2 Å². The molecule has 1 N–H and O–H groups in total. The minimum atomic E-state index is -0.767. The summed E-state index contributed by atoms with van der Waals surface area (Å²) in [6.07, 6.45) is 3.25. The monoisotopic (exact) mass is 348 g/mol. The predicted molar refractivity (Wildman–Crippen MR) is 87.3 cm³/mol. The summed E-state index contributed by atoms with van der Waals surface area (Å²) in [6, 6.07) is 8.24. The molecule has 1 atom stereocenters. The second-order valence-electron chi connectivity index (χ2n) is 5.74. The lowest BCUT2D eigenvalue weighted by atomic mass is 9.90. The molecule has 1 aromatic carbocycles. The van der Waals surface area contributed by atoms with Gasteiger partial charge in [0.05, 0.1) is 21.5 Å². The standard InChI is InChI=1S/C17H21BrN2O/c1-3-14-16(18)15(20(4-2)19-14)11-17(21)10-9-12-7-5-6-8-13(12)17/h5-8,21H,3-4,9-11H2,1-2H3. The second-order valence-corrected chi connectivity index (χ2v) is 6.54. The third kappa shape index (κ3) is 2.44. The van der Waals surface area contributed by atoms with E-state index in [1.807, 2.05) is 16.8 Å². The average molecular weight is 349 g/mol. The SMILES string of the molecule is CCc1nn(CC)c(CC2(O)CCc3ccccc32)c1Br. The zero-order valence-electron chi connectivity index (χ0n) is 12.6. The molecule has 1 aromatic heterocycles. The van der Waals surface area contributed by atoms with E-state index in [2.05, 4.69) is 47.0 Å². The van der Waals surface area contributed by atoms with E-state index in [4.69, 9.17) is 0 Å². The van der Waals surface area contributed by atoms with Crippen molar-refractivity contribution in [2.75, 3.05) is 0 Å². The Kier molecular flexibility index (Phi) is 3.93. The number of hydrogen-bond acceptors (Lipinski definition) is 2. The molecule has 1 aliphatic rings. The minimum absolute atomic E-state index is 0.617. The Balaban J connectivity index is 2.00. The first-order valence-electron chi connectivity index (χ1n) is 7.64. The van der Waals surface area contributed by atoms with Crippen LogP contribution in [0.5, 0.6) is 0 Å². The van der Waals surface area contributed by atoms with E-state index in [1.165, 1.54) is 5.56 Å². The third-order valence-corrected chi connectivity index (χ3v) is 5.40. The lowest BCUT2D eigenvalue weighted by Gasteiger charge is -2.24. The molecule has 0 amide bonds. The van der Waals surface area contributed by atoms with Crippen LogP contribution in [-0.4, -0.2) is 14.9 Å². The Morgan fingerprint density at radius 2 is 2.10 bits per heavy atom. The summed E-state index contributed by atoms with van der Waals surface area (Å²) in [5.74, 6) is 0. The molecule has 21 heavy (non-hydrogen) atoms. The maximum Gasteiger partial charge on any atom is 0.0957 e. The summed E-state index contributed by atoms with van der Waals surface area (Å²) in [5.41, 5.74) is 3.76. The first kappa shape index (κ1) is 14.8. The van der Waals surface area contributed by atoms with E-state index in [1.54, 1.807) is 0 Å². The molecule has 3 nitrogen and oxygen atoms in total. The second kappa shape index (κ2) is 5.58. The van der Waals surface area contributed by atoms with Crippen LogP contribution in [0.2, 0.25) is 0 Å². The van der Waals surface area contributed by atoms with Gasteiger partial charge in [-0.3, -0.25) is 4.68 Å². The molecule has 0 saturated heterocycles. The van der Waals surface area contributed by atoms with Crippen molar-refractivity contribution in [2.45, 2.75) is 51.7 Å². The van der Waals surface area contributed by atoms with Crippen LogP contribution in [0, 0.1) is 0 Å². The number of fused-ring (bicyclic) bond motifs is 1. The molecule has 0 spiro atoms. The molecule has 0 aliphatic heterocycles. The Labute approximate surface area is 134 Å². The van der Waals surface area contributed by atoms with E-state index in [0.717, 1.165) is 47.2 Å². The van der Waals surface area contributed by atoms with Gasteiger partial charge >= 0.3 is 0 Å². The Bertz CT molecular complexity index is 665. The molecule has 3 rings (SSSR count). The van der Waals surface area contributed by atoms with E-state index in [9.17, 15) is 5.11 Å². The van der Waals surface area contributed by atoms with Crippen LogP contribution < -0.4 is 0 Å². The van der Waals surface area contributed by atoms with E-state index < -0.39 is 5.60 Å². The van der Waals surface area contributed by atoms with Crippen LogP contribution >= 0.6 is 15.9 Å². The smallest absolute Gasteiger partial charge is 0.0957 e. The van der Waals surface area contributed by atoms with Crippen molar-refractivity contribution in [1.29, 1.82) is 0 Å². The van der Waals surface area contributed by atoms with Crippen molar-refractivity contribution in [3.63, 3.8) is 0 Å². The van der Waals surface area contributed by atoms with Crippen molar-refractivity contribution in [2.24, 2.45) is 0 Å². The highest BCUT2D eigenvalue weighted by Crippen LogP contribution is 2.40. The van der Waals surface area contributed by atoms with Crippen molar-refractivity contribution < 1.29 is 5.11 Å². The molecule has 0 fully saturated rings. The number of benzene rings is 1. The van der Waals surface area contributed by atoms with Gasteiger partial charge < -0.3 is 5.11 Å². The van der Waals surface area contributed by atoms with Gasteiger partial charge in [0.1, 0.15) is 0 Å². The van der Waals surface area contributed by atoms with Crippen LogP contribution in [0.25, 0.3) is 0 Å². The van der Waals surface area contributed by atoms with E-state index >= 15 is 0 Å². The fourth-order valence-corrected chi connectivity index (χ4v) is 4.02. The molecule has 0 saturated carbocycles. The summed E-state index contributed by atoms with van der Waals surface area (Å²) in [6.45, 7) is 5.02. The fraction of sp³-hybridized carbons (Fsp3) is 0.471. The fourth-order valence-electron chi connectivity index (χ4n) is 3.32. The zero-order valence-corrected chi connectivity index (χ0v) is 14.2. The van der Waals surface area contributed by atoms with Crippen molar-refractivity contribution in [3.8, 4) is 0 Å². The maximum absolute atomic E-state index is 11.2. The summed E-state index contributed by atoms with van der Waals surface area (Å²) in [7, 11) is 0. The molecule has 1 unspecified atom stereocenters. The number of rotatable bonds is 4. The zero-order chi connectivity index (χ0) is 15.0.